The molecule has 2 aromatic rings. The fourth-order valence-electron chi connectivity index (χ4n) is 1.12. The Morgan fingerprint density at radius 2 is 2.23 bits per heavy atom. The molecule has 0 aromatic carbocycles. The predicted octanol–water partition coefficient (Wildman–Crippen LogP) is 3.55. The molecule has 0 amide bonds. The van der Waals surface area contributed by atoms with E-state index in [0.29, 0.717) is 5.88 Å². The summed E-state index contributed by atoms with van der Waals surface area (Å²) in [5.74, 6) is 0.470. The molecule has 2 heterocycles. The number of thiophene rings is 1. The van der Waals surface area contributed by atoms with Gasteiger partial charge in [-0.25, -0.2) is 0 Å². The highest BCUT2D eigenvalue weighted by molar-refractivity contribution is 7.08. The lowest BCUT2D eigenvalue weighted by Gasteiger charge is -1.98. The number of hydrogen-bond acceptors (Lipinski definition) is 2. The molecular formula is C10H8ClNS. The summed E-state index contributed by atoms with van der Waals surface area (Å²) in [5, 5.41) is 4.13. The van der Waals surface area contributed by atoms with Crippen molar-refractivity contribution in [3.8, 4) is 11.3 Å². The molecule has 0 aliphatic heterocycles. The van der Waals surface area contributed by atoms with Crippen LogP contribution in [0.1, 0.15) is 5.69 Å². The van der Waals surface area contributed by atoms with Gasteiger partial charge in [0.1, 0.15) is 0 Å². The summed E-state index contributed by atoms with van der Waals surface area (Å²) in [6.45, 7) is 0. The van der Waals surface area contributed by atoms with Crippen molar-refractivity contribution in [2.75, 3.05) is 0 Å². The van der Waals surface area contributed by atoms with Crippen molar-refractivity contribution in [2.45, 2.75) is 5.88 Å². The van der Waals surface area contributed by atoms with Crippen molar-refractivity contribution in [3.05, 3.63) is 40.7 Å². The second-order valence-electron chi connectivity index (χ2n) is 2.66. The number of pyridine rings is 1. The number of hydrogen-bond donors (Lipinski definition) is 0. The summed E-state index contributed by atoms with van der Waals surface area (Å²) in [7, 11) is 0. The van der Waals surface area contributed by atoms with Gasteiger partial charge in [0.15, 0.2) is 0 Å². The van der Waals surface area contributed by atoms with Crippen LogP contribution in [0.4, 0.5) is 0 Å². The van der Waals surface area contributed by atoms with Gasteiger partial charge in [0, 0.05) is 10.9 Å². The van der Waals surface area contributed by atoms with Gasteiger partial charge in [0.05, 0.1) is 17.3 Å². The van der Waals surface area contributed by atoms with Gasteiger partial charge in [-0.3, -0.25) is 4.98 Å². The van der Waals surface area contributed by atoms with Crippen LogP contribution in [0.2, 0.25) is 0 Å². The van der Waals surface area contributed by atoms with Crippen LogP contribution in [0.15, 0.2) is 35.0 Å². The van der Waals surface area contributed by atoms with E-state index in [1.807, 2.05) is 23.6 Å². The molecule has 0 atom stereocenters. The van der Waals surface area contributed by atoms with Crippen LogP contribution in [0, 0.1) is 0 Å². The number of aromatic nitrogens is 1. The summed E-state index contributed by atoms with van der Waals surface area (Å²) >= 11 is 7.38. The van der Waals surface area contributed by atoms with Gasteiger partial charge in [0.25, 0.3) is 0 Å². The molecule has 0 aliphatic rings. The van der Waals surface area contributed by atoms with E-state index in [4.69, 9.17) is 11.6 Å². The average molecular weight is 210 g/mol. The molecule has 0 fully saturated rings. The molecule has 0 N–H and O–H groups in total. The summed E-state index contributed by atoms with van der Waals surface area (Å²) in [5.41, 5.74) is 3.08. The van der Waals surface area contributed by atoms with E-state index in [1.165, 1.54) is 0 Å². The first-order valence-corrected chi connectivity index (χ1v) is 5.42. The lowest BCUT2D eigenvalue weighted by Crippen LogP contribution is -1.86. The Morgan fingerprint density at radius 1 is 1.31 bits per heavy atom. The van der Waals surface area contributed by atoms with E-state index in [2.05, 4.69) is 16.4 Å². The average Bonchev–Trinajstić information content (AvgIpc) is 2.71. The Bertz CT molecular complexity index is 384. The molecule has 0 spiro atoms. The highest BCUT2D eigenvalue weighted by Gasteiger charge is 1.99. The number of halogens is 1. The van der Waals surface area contributed by atoms with Crippen LogP contribution < -0.4 is 0 Å². The van der Waals surface area contributed by atoms with Gasteiger partial charge in [-0.1, -0.05) is 6.07 Å². The van der Waals surface area contributed by atoms with Gasteiger partial charge >= 0.3 is 0 Å². The summed E-state index contributed by atoms with van der Waals surface area (Å²) in [6.07, 6.45) is 0. The summed E-state index contributed by atoms with van der Waals surface area (Å²) in [4.78, 5) is 4.41. The van der Waals surface area contributed by atoms with Crippen molar-refractivity contribution < 1.29 is 0 Å². The molecule has 2 rings (SSSR count). The molecule has 13 heavy (non-hydrogen) atoms. The lowest BCUT2D eigenvalue weighted by atomic mass is 10.2. The fraction of sp³-hybridized carbons (Fsp3) is 0.100. The van der Waals surface area contributed by atoms with Gasteiger partial charge in [-0.2, -0.15) is 11.3 Å². The third kappa shape index (κ3) is 1.90. The summed E-state index contributed by atoms with van der Waals surface area (Å²) in [6, 6.07) is 7.98. The normalized spacial score (nSPS) is 10.2. The van der Waals surface area contributed by atoms with Crippen LogP contribution >= 0.6 is 22.9 Å². The molecule has 0 unspecified atom stereocenters. The Kier molecular flexibility index (Phi) is 2.62. The maximum absolute atomic E-state index is 5.70. The molecule has 0 saturated carbocycles. The number of alkyl halides is 1. The zero-order chi connectivity index (χ0) is 9.10. The minimum Gasteiger partial charge on any atom is -0.252 e. The predicted molar refractivity (Wildman–Crippen MR) is 57.1 cm³/mol. The van der Waals surface area contributed by atoms with Crippen LogP contribution in [-0.4, -0.2) is 4.98 Å². The molecule has 66 valence electrons. The summed E-state index contributed by atoms with van der Waals surface area (Å²) < 4.78 is 0. The highest BCUT2D eigenvalue weighted by atomic mass is 35.5. The van der Waals surface area contributed by atoms with Crippen molar-refractivity contribution in [2.24, 2.45) is 0 Å². The monoisotopic (exact) mass is 209 g/mol. The molecule has 0 radical (unpaired) electrons. The van der Waals surface area contributed by atoms with E-state index in [1.54, 1.807) is 11.3 Å². The SMILES string of the molecule is ClCc1cccc(-c2ccsc2)n1. The Balaban J connectivity index is 2.41. The van der Waals surface area contributed by atoms with E-state index in [0.717, 1.165) is 17.0 Å². The molecule has 3 heteroatoms. The van der Waals surface area contributed by atoms with E-state index in [9.17, 15) is 0 Å². The van der Waals surface area contributed by atoms with Gasteiger partial charge in [-0.15, -0.1) is 11.6 Å². The first-order chi connectivity index (χ1) is 6.40. The minimum absolute atomic E-state index is 0.470. The topological polar surface area (TPSA) is 12.9 Å². The van der Waals surface area contributed by atoms with Gasteiger partial charge < -0.3 is 0 Å². The van der Waals surface area contributed by atoms with Gasteiger partial charge in [-0.05, 0) is 23.6 Å². The highest BCUT2D eigenvalue weighted by Crippen LogP contribution is 2.20. The van der Waals surface area contributed by atoms with Crippen LogP contribution in [-0.2, 0) is 5.88 Å². The maximum Gasteiger partial charge on any atom is 0.0714 e. The molecule has 2 aromatic heterocycles. The second-order valence-corrected chi connectivity index (χ2v) is 3.71. The molecule has 0 bridgehead atoms. The fourth-order valence-corrected chi connectivity index (χ4v) is 1.92. The van der Waals surface area contributed by atoms with Crippen LogP contribution in [0.25, 0.3) is 11.3 Å². The van der Waals surface area contributed by atoms with E-state index in [-0.39, 0.29) is 0 Å². The first-order valence-electron chi connectivity index (χ1n) is 3.94. The smallest absolute Gasteiger partial charge is 0.0714 e. The standard InChI is InChI=1S/C10H8ClNS/c11-6-9-2-1-3-10(12-9)8-4-5-13-7-8/h1-5,7H,6H2. The van der Waals surface area contributed by atoms with Crippen molar-refractivity contribution in [3.63, 3.8) is 0 Å². The second kappa shape index (κ2) is 3.90. The third-order valence-corrected chi connectivity index (χ3v) is 2.72. The zero-order valence-corrected chi connectivity index (χ0v) is 8.48. The Morgan fingerprint density at radius 3 is 2.92 bits per heavy atom. The maximum atomic E-state index is 5.70. The Hall–Kier alpha value is -0.860. The van der Waals surface area contributed by atoms with Gasteiger partial charge in [0.2, 0.25) is 0 Å². The van der Waals surface area contributed by atoms with Crippen molar-refractivity contribution in [1.82, 2.24) is 4.98 Å². The lowest BCUT2D eigenvalue weighted by molar-refractivity contribution is 1.18. The Labute approximate surface area is 86.0 Å². The molecule has 0 saturated heterocycles. The van der Waals surface area contributed by atoms with E-state index < -0.39 is 0 Å². The van der Waals surface area contributed by atoms with Crippen molar-refractivity contribution >= 4 is 22.9 Å². The minimum atomic E-state index is 0.470. The third-order valence-electron chi connectivity index (χ3n) is 1.76. The molecular weight excluding hydrogens is 202 g/mol. The molecule has 1 nitrogen and oxygen atoms in total. The van der Waals surface area contributed by atoms with Crippen molar-refractivity contribution in [1.29, 1.82) is 0 Å². The quantitative estimate of drug-likeness (QED) is 0.690. The number of nitrogens with zero attached hydrogens (tertiary/aromatic N) is 1. The van der Waals surface area contributed by atoms with Crippen LogP contribution in [0.5, 0.6) is 0 Å². The van der Waals surface area contributed by atoms with E-state index >= 15 is 0 Å². The number of rotatable bonds is 2. The largest absolute Gasteiger partial charge is 0.252 e. The molecule has 0 aliphatic carbocycles. The van der Waals surface area contributed by atoms with Crippen LogP contribution in [0.3, 0.4) is 0 Å². The first kappa shape index (κ1) is 8.73. The zero-order valence-electron chi connectivity index (χ0n) is 6.90.